The average Bonchev–Trinajstić information content (AvgIpc) is 2.97. The van der Waals surface area contributed by atoms with Gasteiger partial charge in [0.15, 0.2) is 12.1 Å². The Balaban J connectivity index is 1.45. The molecule has 2 aliphatic rings. The minimum atomic E-state index is -1.95. The predicted molar refractivity (Wildman–Crippen MR) is 140 cm³/mol. The topological polar surface area (TPSA) is 269 Å². The van der Waals surface area contributed by atoms with E-state index in [1.807, 2.05) is 0 Å². The monoisotopic (exact) mass is 610 g/mol. The minimum Gasteiger partial charge on any atom is -0.508 e. The SMILES string of the molecule is O=c1c(O[C@@H]2OC(CO[C@@H]3OC(CO)[C@@H](O)C(O)C3O)[C@@H](O)C(O)C2O)c(-c2ccc(O)cc2)oc2cc(O)cc(O)c12. The Morgan fingerprint density at radius 1 is 0.721 bits per heavy atom. The van der Waals surface area contributed by atoms with Crippen molar-refractivity contribution < 1.29 is 74.4 Å². The lowest BCUT2D eigenvalue weighted by molar-refractivity contribution is -0.323. The number of aliphatic hydroxyl groups is 7. The lowest BCUT2D eigenvalue weighted by Crippen LogP contribution is -2.62. The van der Waals surface area contributed by atoms with Gasteiger partial charge in [-0.3, -0.25) is 4.79 Å². The van der Waals surface area contributed by atoms with Crippen LogP contribution in [0, 0.1) is 0 Å². The quantitative estimate of drug-likeness (QED) is 0.133. The van der Waals surface area contributed by atoms with Gasteiger partial charge in [-0.15, -0.1) is 0 Å². The van der Waals surface area contributed by atoms with E-state index in [0.717, 1.165) is 12.1 Å². The van der Waals surface area contributed by atoms with E-state index in [1.165, 1.54) is 24.3 Å². The second-order valence-electron chi connectivity index (χ2n) is 10.1. The molecule has 2 aromatic carbocycles. The standard InChI is InChI=1S/C27H30O16/c28-7-14-17(32)20(35)22(37)26(41-14)39-8-15-18(33)21(36)23(38)27(42-15)43-25-19(34)16-12(31)5-11(30)6-13(16)40-24(25)9-1-3-10(29)4-2-9/h1-6,14-15,17-18,20-23,26-33,35-38H,7-8H2/t14?,15?,17-,18-,20?,21?,22?,23?,26-,27+/m1/s1. The van der Waals surface area contributed by atoms with E-state index in [2.05, 4.69) is 0 Å². The molecule has 0 aliphatic carbocycles. The molecule has 234 valence electrons. The lowest BCUT2D eigenvalue weighted by Gasteiger charge is -2.42. The first-order valence-electron chi connectivity index (χ1n) is 13.0. The molecule has 2 saturated heterocycles. The zero-order valence-electron chi connectivity index (χ0n) is 22.1. The number of fused-ring (bicyclic) bond motifs is 1. The maximum absolute atomic E-state index is 13.6. The highest BCUT2D eigenvalue weighted by Crippen LogP contribution is 2.37. The van der Waals surface area contributed by atoms with Gasteiger partial charge in [-0.25, -0.2) is 0 Å². The highest BCUT2D eigenvalue weighted by Gasteiger charge is 2.48. The molecule has 5 rings (SSSR count). The summed E-state index contributed by atoms with van der Waals surface area (Å²) in [4.78, 5) is 13.6. The number of rotatable bonds is 7. The summed E-state index contributed by atoms with van der Waals surface area (Å²) in [5.74, 6) is -2.07. The Labute approximate surface area is 241 Å². The van der Waals surface area contributed by atoms with Crippen LogP contribution >= 0.6 is 0 Å². The Morgan fingerprint density at radius 2 is 1.33 bits per heavy atom. The van der Waals surface area contributed by atoms with Crippen LogP contribution in [0.5, 0.6) is 23.0 Å². The molecule has 3 heterocycles. The Bertz CT molecular complexity index is 1490. The summed E-state index contributed by atoms with van der Waals surface area (Å²) in [7, 11) is 0. The number of benzene rings is 2. The fraction of sp³-hybridized carbons (Fsp3) is 0.444. The molecule has 6 unspecified atom stereocenters. The van der Waals surface area contributed by atoms with Gasteiger partial charge in [-0.05, 0) is 24.3 Å². The van der Waals surface area contributed by atoms with Gasteiger partial charge in [0.05, 0.1) is 13.2 Å². The molecule has 0 amide bonds. The molecule has 1 aromatic heterocycles. The molecular formula is C27H30O16. The first-order valence-corrected chi connectivity index (χ1v) is 13.0. The highest BCUT2D eigenvalue weighted by atomic mass is 16.7. The zero-order chi connectivity index (χ0) is 31.2. The van der Waals surface area contributed by atoms with Crippen molar-refractivity contribution in [3.63, 3.8) is 0 Å². The van der Waals surface area contributed by atoms with E-state index in [9.17, 15) is 55.9 Å². The second-order valence-corrected chi connectivity index (χ2v) is 10.1. The molecule has 43 heavy (non-hydrogen) atoms. The van der Waals surface area contributed by atoms with Gasteiger partial charge in [0.25, 0.3) is 0 Å². The average molecular weight is 611 g/mol. The molecular weight excluding hydrogens is 580 g/mol. The van der Waals surface area contributed by atoms with E-state index in [0.29, 0.717) is 0 Å². The first kappa shape index (κ1) is 30.9. The van der Waals surface area contributed by atoms with E-state index < -0.39 is 103 Å². The first-order chi connectivity index (χ1) is 20.4. The summed E-state index contributed by atoms with van der Waals surface area (Å²) < 4.78 is 27.8. The van der Waals surface area contributed by atoms with Crippen molar-refractivity contribution in [2.45, 2.75) is 61.4 Å². The smallest absolute Gasteiger partial charge is 0.239 e. The third-order valence-electron chi connectivity index (χ3n) is 7.22. The van der Waals surface area contributed by atoms with Crippen molar-refractivity contribution in [1.82, 2.24) is 0 Å². The van der Waals surface area contributed by atoms with Crippen LogP contribution in [0.15, 0.2) is 45.6 Å². The van der Waals surface area contributed by atoms with Crippen LogP contribution in [-0.4, -0.2) is 126 Å². The van der Waals surface area contributed by atoms with Crippen LogP contribution in [0.4, 0.5) is 0 Å². The molecule has 0 bridgehead atoms. The fourth-order valence-electron chi connectivity index (χ4n) is 4.84. The van der Waals surface area contributed by atoms with Gasteiger partial charge in [-0.2, -0.15) is 0 Å². The molecule has 0 spiro atoms. The van der Waals surface area contributed by atoms with Crippen LogP contribution in [0.25, 0.3) is 22.3 Å². The molecule has 3 aromatic rings. The maximum atomic E-state index is 13.6. The molecule has 16 nitrogen and oxygen atoms in total. The summed E-state index contributed by atoms with van der Waals surface area (Å²) in [5, 5.41) is 101. The Kier molecular flexibility index (Phi) is 8.77. The van der Waals surface area contributed by atoms with Gasteiger partial charge in [0, 0.05) is 17.7 Å². The largest absolute Gasteiger partial charge is 0.508 e. The van der Waals surface area contributed by atoms with Crippen molar-refractivity contribution in [3.05, 3.63) is 46.6 Å². The summed E-state index contributed by atoms with van der Waals surface area (Å²) in [6.07, 6.45) is -17.1. The van der Waals surface area contributed by atoms with Crippen molar-refractivity contribution >= 4 is 11.0 Å². The van der Waals surface area contributed by atoms with Crippen LogP contribution in [0.2, 0.25) is 0 Å². The number of ether oxygens (including phenoxy) is 4. The summed E-state index contributed by atoms with van der Waals surface area (Å²) in [5.41, 5.74) is -1.01. The number of hydrogen-bond donors (Lipinski definition) is 10. The Morgan fingerprint density at radius 3 is 1.98 bits per heavy atom. The number of phenolic OH excluding ortho intramolecular Hbond substituents is 3. The van der Waals surface area contributed by atoms with E-state index in [-0.39, 0.29) is 22.7 Å². The van der Waals surface area contributed by atoms with Crippen molar-refractivity contribution in [3.8, 4) is 34.3 Å². The summed E-state index contributed by atoms with van der Waals surface area (Å²) in [6, 6.07) is 7.25. The fourth-order valence-corrected chi connectivity index (χ4v) is 4.84. The van der Waals surface area contributed by atoms with Crippen LogP contribution in [-0.2, 0) is 14.2 Å². The van der Waals surface area contributed by atoms with Crippen molar-refractivity contribution in [1.29, 1.82) is 0 Å². The van der Waals surface area contributed by atoms with Crippen LogP contribution in [0.1, 0.15) is 0 Å². The molecule has 2 fully saturated rings. The lowest BCUT2D eigenvalue weighted by atomic mass is 9.98. The molecule has 10 N–H and O–H groups in total. The van der Waals surface area contributed by atoms with Crippen molar-refractivity contribution in [2.75, 3.05) is 13.2 Å². The molecule has 0 radical (unpaired) electrons. The third-order valence-corrected chi connectivity index (χ3v) is 7.22. The maximum Gasteiger partial charge on any atom is 0.239 e. The van der Waals surface area contributed by atoms with Crippen LogP contribution in [0.3, 0.4) is 0 Å². The normalized spacial score (nSPS) is 33.0. The highest BCUT2D eigenvalue weighted by molar-refractivity contribution is 5.88. The van der Waals surface area contributed by atoms with Gasteiger partial charge in [-0.1, -0.05) is 0 Å². The predicted octanol–water partition coefficient (Wildman–Crippen LogP) is -2.42. The minimum absolute atomic E-state index is 0.116. The van der Waals surface area contributed by atoms with E-state index in [1.54, 1.807) is 0 Å². The third kappa shape index (κ3) is 5.85. The molecule has 2 aliphatic heterocycles. The number of hydrogen-bond acceptors (Lipinski definition) is 16. The number of aromatic hydroxyl groups is 3. The summed E-state index contributed by atoms with van der Waals surface area (Å²) in [6.45, 7) is -1.37. The van der Waals surface area contributed by atoms with Gasteiger partial charge < -0.3 is 74.4 Å². The van der Waals surface area contributed by atoms with E-state index >= 15 is 0 Å². The van der Waals surface area contributed by atoms with E-state index in [4.69, 9.17) is 23.4 Å². The van der Waals surface area contributed by atoms with Crippen LogP contribution < -0.4 is 10.2 Å². The number of phenols is 3. The number of aliphatic hydroxyl groups excluding tert-OH is 7. The van der Waals surface area contributed by atoms with Gasteiger partial charge in [0.2, 0.25) is 17.5 Å². The molecule has 16 heteroatoms. The van der Waals surface area contributed by atoms with Gasteiger partial charge in [0.1, 0.15) is 77.0 Å². The molecule has 10 atom stereocenters. The van der Waals surface area contributed by atoms with Crippen molar-refractivity contribution in [2.24, 2.45) is 0 Å². The van der Waals surface area contributed by atoms with Gasteiger partial charge >= 0.3 is 0 Å². The Hall–Kier alpha value is -3.55. The zero-order valence-corrected chi connectivity index (χ0v) is 22.1. The molecule has 0 saturated carbocycles. The summed E-state index contributed by atoms with van der Waals surface area (Å²) >= 11 is 0. The second kappa shape index (κ2) is 12.2.